The fourth-order valence-electron chi connectivity index (χ4n) is 1.14. The molecule has 0 saturated heterocycles. The Hall–Kier alpha value is -0.740. The Morgan fingerprint density at radius 2 is 2.29 bits per heavy atom. The molecule has 0 aliphatic heterocycles. The van der Waals surface area contributed by atoms with E-state index in [1.54, 1.807) is 0 Å². The van der Waals surface area contributed by atoms with Crippen LogP contribution in [0, 0.1) is 0 Å². The molecule has 1 aromatic rings. The highest BCUT2D eigenvalue weighted by atomic mass is 32.2. The van der Waals surface area contributed by atoms with Gasteiger partial charge in [0.25, 0.3) is 0 Å². The standard InChI is InChI=1S/C10H17N3S/c1-13(6-7-14-2)10-5-3-4-9(8-11)12-10/h3-5H,6-8,11H2,1-2H3. The number of thioether (sulfide) groups is 1. The van der Waals surface area contributed by atoms with E-state index < -0.39 is 0 Å². The number of aromatic nitrogens is 1. The van der Waals surface area contributed by atoms with Crippen LogP contribution in [0.25, 0.3) is 0 Å². The van der Waals surface area contributed by atoms with Crippen LogP contribution in [0.15, 0.2) is 18.2 Å². The van der Waals surface area contributed by atoms with Gasteiger partial charge in [-0.3, -0.25) is 0 Å². The quantitative estimate of drug-likeness (QED) is 0.798. The van der Waals surface area contributed by atoms with Gasteiger partial charge in [-0.15, -0.1) is 0 Å². The molecular weight excluding hydrogens is 194 g/mol. The molecule has 0 radical (unpaired) electrons. The van der Waals surface area contributed by atoms with E-state index in [0.717, 1.165) is 23.8 Å². The maximum absolute atomic E-state index is 5.53. The largest absolute Gasteiger partial charge is 0.359 e. The maximum Gasteiger partial charge on any atom is 0.128 e. The van der Waals surface area contributed by atoms with Crippen molar-refractivity contribution in [3.05, 3.63) is 23.9 Å². The second-order valence-electron chi connectivity index (χ2n) is 3.11. The SMILES string of the molecule is CSCCN(C)c1cccc(CN)n1. The molecule has 0 unspecified atom stereocenters. The van der Waals surface area contributed by atoms with Crippen molar-refractivity contribution in [2.24, 2.45) is 5.73 Å². The van der Waals surface area contributed by atoms with Gasteiger partial charge in [0, 0.05) is 25.9 Å². The van der Waals surface area contributed by atoms with Crippen molar-refractivity contribution in [3.63, 3.8) is 0 Å². The van der Waals surface area contributed by atoms with E-state index in [9.17, 15) is 0 Å². The van der Waals surface area contributed by atoms with E-state index in [0.29, 0.717) is 6.54 Å². The van der Waals surface area contributed by atoms with Crippen LogP contribution in [-0.2, 0) is 6.54 Å². The molecule has 0 aliphatic rings. The first kappa shape index (κ1) is 11.3. The van der Waals surface area contributed by atoms with E-state index in [4.69, 9.17) is 5.73 Å². The predicted octanol–water partition coefficient (Wildman–Crippen LogP) is 1.34. The number of hydrogen-bond acceptors (Lipinski definition) is 4. The van der Waals surface area contributed by atoms with Crippen LogP contribution in [0.1, 0.15) is 5.69 Å². The van der Waals surface area contributed by atoms with Crippen molar-refractivity contribution in [1.29, 1.82) is 0 Å². The second-order valence-corrected chi connectivity index (χ2v) is 4.09. The first-order valence-corrected chi connectivity index (χ1v) is 6.03. The Morgan fingerprint density at radius 3 is 2.93 bits per heavy atom. The third kappa shape index (κ3) is 3.20. The first-order chi connectivity index (χ1) is 6.77. The van der Waals surface area contributed by atoms with Gasteiger partial charge < -0.3 is 10.6 Å². The van der Waals surface area contributed by atoms with Gasteiger partial charge in [-0.2, -0.15) is 11.8 Å². The van der Waals surface area contributed by atoms with Gasteiger partial charge in [0.15, 0.2) is 0 Å². The molecule has 4 heteroatoms. The lowest BCUT2D eigenvalue weighted by molar-refractivity contribution is 0.913. The van der Waals surface area contributed by atoms with Crippen LogP contribution in [0.3, 0.4) is 0 Å². The molecule has 0 fully saturated rings. The van der Waals surface area contributed by atoms with E-state index in [2.05, 4.69) is 23.2 Å². The van der Waals surface area contributed by atoms with Crippen molar-refractivity contribution in [1.82, 2.24) is 4.98 Å². The molecule has 14 heavy (non-hydrogen) atoms. The number of nitrogens with zero attached hydrogens (tertiary/aromatic N) is 2. The molecule has 2 N–H and O–H groups in total. The molecule has 0 saturated carbocycles. The molecule has 0 amide bonds. The highest BCUT2D eigenvalue weighted by Crippen LogP contribution is 2.09. The van der Waals surface area contributed by atoms with E-state index in [1.807, 2.05) is 30.0 Å². The molecule has 0 bridgehead atoms. The summed E-state index contributed by atoms with van der Waals surface area (Å²) in [6, 6.07) is 5.96. The Labute approximate surface area is 89.7 Å². The molecule has 78 valence electrons. The fraction of sp³-hybridized carbons (Fsp3) is 0.500. The minimum atomic E-state index is 0.504. The molecule has 0 spiro atoms. The summed E-state index contributed by atoms with van der Waals surface area (Å²) in [5.74, 6) is 2.12. The van der Waals surface area contributed by atoms with Crippen molar-refractivity contribution >= 4 is 17.6 Å². The monoisotopic (exact) mass is 211 g/mol. The average Bonchev–Trinajstić information content (AvgIpc) is 2.26. The Bertz CT molecular complexity index is 278. The van der Waals surface area contributed by atoms with Crippen molar-refractivity contribution in [2.75, 3.05) is 30.5 Å². The Balaban J connectivity index is 2.64. The summed E-state index contributed by atoms with van der Waals surface area (Å²) in [7, 11) is 2.05. The summed E-state index contributed by atoms with van der Waals surface area (Å²) in [5, 5.41) is 0. The van der Waals surface area contributed by atoms with Gasteiger partial charge in [0.05, 0.1) is 5.69 Å². The normalized spacial score (nSPS) is 10.2. The Morgan fingerprint density at radius 1 is 1.50 bits per heavy atom. The van der Waals surface area contributed by atoms with Crippen molar-refractivity contribution in [3.8, 4) is 0 Å². The van der Waals surface area contributed by atoms with E-state index in [-0.39, 0.29) is 0 Å². The third-order valence-electron chi connectivity index (χ3n) is 2.02. The lowest BCUT2D eigenvalue weighted by Crippen LogP contribution is -2.21. The van der Waals surface area contributed by atoms with Gasteiger partial charge in [-0.1, -0.05) is 6.07 Å². The summed E-state index contributed by atoms with van der Waals surface area (Å²) in [5.41, 5.74) is 6.48. The minimum Gasteiger partial charge on any atom is -0.359 e. The summed E-state index contributed by atoms with van der Waals surface area (Å²) in [4.78, 5) is 6.58. The predicted molar refractivity (Wildman–Crippen MR) is 63.8 cm³/mol. The number of pyridine rings is 1. The van der Waals surface area contributed by atoms with Crippen LogP contribution in [0.5, 0.6) is 0 Å². The molecular formula is C10H17N3S. The van der Waals surface area contributed by atoms with Gasteiger partial charge >= 0.3 is 0 Å². The number of nitrogens with two attached hydrogens (primary N) is 1. The third-order valence-corrected chi connectivity index (χ3v) is 2.61. The van der Waals surface area contributed by atoms with E-state index in [1.165, 1.54) is 0 Å². The average molecular weight is 211 g/mol. The zero-order chi connectivity index (χ0) is 10.4. The van der Waals surface area contributed by atoms with Crippen molar-refractivity contribution in [2.45, 2.75) is 6.54 Å². The summed E-state index contributed by atoms with van der Waals surface area (Å²) in [6.45, 7) is 1.52. The minimum absolute atomic E-state index is 0.504. The maximum atomic E-state index is 5.53. The zero-order valence-electron chi connectivity index (χ0n) is 8.73. The van der Waals surface area contributed by atoms with E-state index >= 15 is 0 Å². The van der Waals surface area contributed by atoms with Gasteiger partial charge in [0.1, 0.15) is 5.82 Å². The molecule has 0 aliphatic carbocycles. The Kier molecular flexibility index (Phi) is 4.76. The zero-order valence-corrected chi connectivity index (χ0v) is 9.55. The molecule has 0 aromatic carbocycles. The highest BCUT2D eigenvalue weighted by molar-refractivity contribution is 7.98. The summed E-state index contributed by atoms with van der Waals surface area (Å²) >= 11 is 1.84. The van der Waals surface area contributed by atoms with Crippen LogP contribution in [-0.4, -0.2) is 30.6 Å². The molecule has 1 heterocycles. The van der Waals surface area contributed by atoms with Gasteiger partial charge in [-0.05, 0) is 18.4 Å². The number of rotatable bonds is 5. The summed E-state index contributed by atoms with van der Waals surface area (Å²) < 4.78 is 0. The first-order valence-electron chi connectivity index (χ1n) is 4.64. The molecule has 1 rings (SSSR count). The van der Waals surface area contributed by atoms with Gasteiger partial charge in [0.2, 0.25) is 0 Å². The second kappa shape index (κ2) is 5.88. The lowest BCUT2D eigenvalue weighted by atomic mass is 10.3. The van der Waals surface area contributed by atoms with Crippen LogP contribution in [0.4, 0.5) is 5.82 Å². The highest BCUT2D eigenvalue weighted by Gasteiger charge is 2.01. The lowest BCUT2D eigenvalue weighted by Gasteiger charge is -2.17. The summed E-state index contributed by atoms with van der Waals surface area (Å²) in [6.07, 6.45) is 2.11. The van der Waals surface area contributed by atoms with Crippen molar-refractivity contribution < 1.29 is 0 Å². The van der Waals surface area contributed by atoms with Crippen LogP contribution in [0.2, 0.25) is 0 Å². The number of hydrogen-bond donors (Lipinski definition) is 1. The number of anilines is 1. The molecule has 1 aromatic heterocycles. The molecule has 3 nitrogen and oxygen atoms in total. The fourth-order valence-corrected chi connectivity index (χ4v) is 1.59. The van der Waals surface area contributed by atoms with Crippen LogP contribution < -0.4 is 10.6 Å². The van der Waals surface area contributed by atoms with Gasteiger partial charge in [-0.25, -0.2) is 4.98 Å². The smallest absolute Gasteiger partial charge is 0.128 e. The molecule has 0 atom stereocenters. The topological polar surface area (TPSA) is 42.1 Å². The van der Waals surface area contributed by atoms with Crippen LogP contribution >= 0.6 is 11.8 Å².